The van der Waals surface area contributed by atoms with Crippen LogP contribution < -0.4 is 0 Å². The highest BCUT2D eigenvalue weighted by molar-refractivity contribution is 6.67. The Bertz CT molecular complexity index is 775. The van der Waals surface area contributed by atoms with Crippen LogP contribution in [0.25, 0.3) is 0 Å². The van der Waals surface area contributed by atoms with Crippen LogP contribution in [0, 0.1) is 10.8 Å². The van der Waals surface area contributed by atoms with Crippen LogP contribution in [0.2, 0.25) is 0 Å². The van der Waals surface area contributed by atoms with Crippen molar-refractivity contribution < 1.29 is 33.3 Å². The zero-order chi connectivity index (χ0) is 21.9. The summed E-state index contributed by atoms with van der Waals surface area (Å²) < 4.78 is 27.0. The largest absolute Gasteiger partial charge is 0.508 e. The molecule has 10 heteroatoms. The minimum absolute atomic E-state index is 0.147. The van der Waals surface area contributed by atoms with Crippen molar-refractivity contribution in [2.75, 3.05) is 19.8 Å². The van der Waals surface area contributed by atoms with Crippen molar-refractivity contribution >= 4 is 46.9 Å². The number of ether oxygens (including phenoxy) is 5. The topological polar surface area (TPSA) is 83.6 Å². The summed E-state index contributed by atoms with van der Waals surface area (Å²) in [7, 11) is 0. The molecule has 2 bridgehead atoms. The third-order valence-corrected chi connectivity index (χ3v) is 7.67. The standard InChI is InChI=1S/C20H25Cl3O7/c1-11-4-5-18(8-26-12(2)24)14(6-11)29-15-7-13(17(18,3)19(15)9-28-19)30-16(25)27-10-20(21,22)23/h6,13-15H,4-5,7-10H2,1-3H3/t13-,14-,15-,17-,18-,19?/m1/s1. The van der Waals surface area contributed by atoms with Gasteiger partial charge in [0.2, 0.25) is 3.79 Å². The number of halogens is 3. The minimum Gasteiger partial charge on any atom is -0.465 e. The molecule has 3 fully saturated rings. The van der Waals surface area contributed by atoms with E-state index in [1.165, 1.54) is 12.5 Å². The highest BCUT2D eigenvalue weighted by Crippen LogP contribution is 2.72. The van der Waals surface area contributed by atoms with E-state index in [-0.39, 0.29) is 24.8 Å². The Morgan fingerprint density at radius 2 is 2.00 bits per heavy atom. The molecule has 2 heterocycles. The van der Waals surface area contributed by atoms with Gasteiger partial charge in [0.25, 0.3) is 0 Å². The van der Waals surface area contributed by atoms with Crippen molar-refractivity contribution in [3.63, 3.8) is 0 Å². The minimum atomic E-state index is -1.73. The van der Waals surface area contributed by atoms with Crippen LogP contribution in [0.5, 0.6) is 0 Å². The molecule has 2 saturated heterocycles. The lowest BCUT2D eigenvalue weighted by atomic mass is 9.51. The summed E-state index contributed by atoms with van der Waals surface area (Å²) in [6.07, 6.45) is 2.07. The van der Waals surface area contributed by atoms with Crippen molar-refractivity contribution in [1.29, 1.82) is 0 Å². The average Bonchev–Trinajstić information content (AvgIpc) is 3.41. The molecule has 0 radical (unpaired) electrons. The summed E-state index contributed by atoms with van der Waals surface area (Å²) in [4.78, 5) is 24.1. The molecule has 1 spiro atoms. The lowest BCUT2D eigenvalue weighted by Gasteiger charge is -2.58. The molecule has 168 valence electrons. The Hall–Kier alpha value is -0.730. The second-order valence-corrected chi connectivity index (χ2v) is 11.4. The summed E-state index contributed by atoms with van der Waals surface area (Å²) in [5.41, 5.74) is -0.641. The van der Waals surface area contributed by atoms with Crippen LogP contribution in [0.1, 0.15) is 40.0 Å². The number of fused-ring (bicyclic) bond motifs is 2. The fourth-order valence-corrected chi connectivity index (χ4v) is 5.82. The second kappa shape index (κ2) is 7.41. The molecule has 1 saturated carbocycles. The maximum Gasteiger partial charge on any atom is 0.508 e. The van der Waals surface area contributed by atoms with Crippen molar-refractivity contribution in [3.8, 4) is 0 Å². The molecule has 0 aromatic carbocycles. The van der Waals surface area contributed by atoms with Gasteiger partial charge in [-0.05, 0) is 19.8 Å². The zero-order valence-electron chi connectivity index (χ0n) is 17.0. The molecule has 2 aliphatic heterocycles. The van der Waals surface area contributed by atoms with E-state index in [0.29, 0.717) is 19.4 Å². The van der Waals surface area contributed by atoms with Gasteiger partial charge < -0.3 is 23.7 Å². The highest BCUT2D eigenvalue weighted by atomic mass is 35.6. The van der Waals surface area contributed by atoms with Gasteiger partial charge in [0.05, 0.1) is 24.2 Å². The van der Waals surface area contributed by atoms with Gasteiger partial charge in [0.1, 0.15) is 24.9 Å². The maximum absolute atomic E-state index is 12.4. The number of rotatable bonds is 4. The average molecular weight is 484 g/mol. The third-order valence-electron chi connectivity index (χ3n) is 7.34. The summed E-state index contributed by atoms with van der Waals surface area (Å²) in [6.45, 7) is 5.70. The SMILES string of the molecule is CC(=O)OC[C@]12CCC(C)=C[C@H]1O[C@@H]1C[C@@H](OC(=O)OCC(Cl)(Cl)Cl)[C@@]2(C)C12CO2. The molecule has 0 aromatic heterocycles. The number of carbonyl (C=O) groups is 2. The lowest BCUT2D eigenvalue weighted by molar-refractivity contribution is -0.230. The van der Waals surface area contributed by atoms with E-state index in [2.05, 4.69) is 13.0 Å². The molecule has 0 aromatic rings. The Morgan fingerprint density at radius 3 is 2.60 bits per heavy atom. The van der Waals surface area contributed by atoms with Gasteiger partial charge in [0, 0.05) is 18.8 Å². The first-order valence-corrected chi connectivity index (χ1v) is 11.1. The molecule has 0 N–H and O–H groups in total. The summed E-state index contributed by atoms with van der Waals surface area (Å²) >= 11 is 17.0. The number of alkyl halides is 3. The van der Waals surface area contributed by atoms with E-state index in [1.54, 1.807) is 0 Å². The van der Waals surface area contributed by atoms with Crippen molar-refractivity contribution in [3.05, 3.63) is 11.6 Å². The normalized spacial score (nSPS) is 41.7. The number of hydrogen-bond donors (Lipinski definition) is 0. The molecule has 2 aliphatic carbocycles. The van der Waals surface area contributed by atoms with Gasteiger partial charge in [-0.15, -0.1) is 0 Å². The number of carbonyl (C=O) groups excluding carboxylic acids is 2. The lowest BCUT2D eigenvalue weighted by Crippen LogP contribution is -2.66. The maximum atomic E-state index is 12.4. The number of esters is 1. The first kappa shape index (κ1) is 22.5. The van der Waals surface area contributed by atoms with E-state index in [1.807, 2.05) is 6.92 Å². The van der Waals surface area contributed by atoms with Crippen LogP contribution in [0.4, 0.5) is 4.79 Å². The van der Waals surface area contributed by atoms with E-state index in [4.69, 9.17) is 58.5 Å². The smallest absolute Gasteiger partial charge is 0.465 e. The van der Waals surface area contributed by atoms with Crippen LogP contribution in [-0.2, 0) is 28.5 Å². The molecular weight excluding hydrogens is 459 g/mol. The number of epoxide rings is 1. The molecular formula is C20H25Cl3O7. The zero-order valence-corrected chi connectivity index (χ0v) is 19.3. The van der Waals surface area contributed by atoms with Gasteiger partial charge in [-0.2, -0.15) is 0 Å². The van der Waals surface area contributed by atoms with Crippen LogP contribution in [0.3, 0.4) is 0 Å². The molecule has 4 rings (SSSR count). The van der Waals surface area contributed by atoms with E-state index >= 15 is 0 Å². The predicted octanol–water partition coefficient (Wildman–Crippen LogP) is 4.11. The Morgan fingerprint density at radius 1 is 1.30 bits per heavy atom. The summed E-state index contributed by atoms with van der Waals surface area (Å²) in [6, 6.07) is 0. The van der Waals surface area contributed by atoms with Gasteiger partial charge in [-0.3, -0.25) is 4.79 Å². The third kappa shape index (κ3) is 3.41. The molecule has 30 heavy (non-hydrogen) atoms. The van der Waals surface area contributed by atoms with Gasteiger partial charge in [-0.25, -0.2) is 4.79 Å². The Balaban J connectivity index is 1.66. The summed E-state index contributed by atoms with van der Waals surface area (Å²) in [5.74, 6) is -0.372. The second-order valence-electron chi connectivity index (χ2n) is 8.87. The van der Waals surface area contributed by atoms with Crippen molar-refractivity contribution in [2.45, 2.75) is 67.7 Å². The van der Waals surface area contributed by atoms with Gasteiger partial charge >= 0.3 is 12.1 Å². The fourth-order valence-electron chi connectivity index (χ4n) is 5.66. The van der Waals surface area contributed by atoms with E-state index in [9.17, 15) is 9.59 Å². The van der Waals surface area contributed by atoms with Crippen LogP contribution in [0.15, 0.2) is 11.6 Å². The summed E-state index contributed by atoms with van der Waals surface area (Å²) in [5, 5.41) is 0. The monoisotopic (exact) mass is 482 g/mol. The molecule has 4 aliphatic rings. The first-order chi connectivity index (χ1) is 13.9. The number of allylic oxidation sites excluding steroid dienone is 1. The molecule has 0 amide bonds. The predicted molar refractivity (Wildman–Crippen MR) is 109 cm³/mol. The highest BCUT2D eigenvalue weighted by Gasteiger charge is 2.83. The molecule has 1 unspecified atom stereocenters. The quantitative estimate of drug-likeness (QED) is 0.257. The Labute approximate surface area is 190 Å². The van der Waals surface area contributed by atoms with Gasteiger partial charge in [0.15, 0.2) is 0 Å². The Kier molecular flexibility index (Phi) is 5.55. The van der Waals surface area contributed by atoms with Crippen LogP contribution >= 0.6 is 34.8 Å². The molecule has 6 atom stereocenters. The first-order valence-electron chi connectivity index (χ1n) is 9.94. The molecule has 7 nitrogen and oxygen atoms in total. The number of hydrogen-bond acceptors (Lipinski definition) is 7. The fraction of sp³-hybridized carbons (Fsp3) is 0.800. The van der Waals surface area contributed by atoms with E-state index < -0.39 is 39.1 Å². The van der Waals surface area contributed by atoms with Crippen molar-refractivity contribution in [2.24, 2.45) is 10.8 Å². The van der Waals surface area contributed by atoms with E-state index in [0.717, 1.165) is 6.42 Å². The van der Waals surface area contributed by atoms with Crippen molar-refractivity contribution in [1.82, 2.24) is 0 Å². The van der Waals surface area contributed by atoms with Crippen LogP contribution in [-0.4, -0.2) is 59.7 Å². The van der Waals surface area contributed by atoms with Gasteiger partial charge in [-0.1, -0.05) is 53.4 Å².